The number of nitrogens with zero attached hydrogens (tertiary/aromatic N) is 4. The van der Waals surface area contributed by atoms with Crippen molar-refractivity contribution in [2.75, 3.05) is 0 Å². The van der Waals surface area contributed by atoms with Gasteiger partial charge in [0, 0.05) is 28.5 Å². The Morgan fingerprint density at radius 1 is 0.958 bits per heavy atom. The first-order valence-corrected chi connectivity index (χ1v) is 15.4. The molecule has 1 aromatic heterocycles. The average molecular weight is 670 g/mol. The lowest BCUT2D eigenvalue weighted by Gasteiger charge is -2.08. The van der Waals surface area contributed by atoms with Gasteiger partial charge >= 0.3 is 6.36 Å². The predicted octanol–water partition coefficient (Wildman–Crippen LogP) is 8.47. The van der Waals surface area contributed by atoms with E-state index < -0.39 is 6.36 Å². The van der Waals surface area contributed by atoms with E-state index in [1.807, 2.05) is 62.4 Å². The number of thioether (sulfide) groups is 1. The van der Waals surface area contributed by atoms with Gasteiger partial charge in [0.2, 0.25) is 5.89 Å². The fraction of sp³-hybridized carbons (Fsp3) is 0.114. The Balaban J connectivity index is 1.42. The second-order valence-corrected chi connectivity index (χ2v) is 11.4. The van der Waals surface area contributed by atoms with Crippen LogP contribution in [0.4, 0.5) is 24.5 Å². The fourth-order valence-corrected chi connectivity index (χ4v) is 5.27. The van der Waals surface area contributed by atoms with Crippen molar-refractivity contribution in [3.05, 3.63) is 119 Å². The van der Waals surface area contributed by atoms with Crippen molar-refractivity contribution in [1.82, 2.24) is 4.98 Å². The van der Waals surface area contributed by atoms with Gasteiger partial charge < -0.3 is 26.0 Å². The summed E-state index contributed by atoms with van der Waals surface area (Å²) >= 11 is 1.33. The van der Waals surface area contributed by atoms with Crippen molar-refractivity contribution in [2.24, 2.45) is 26.4 Å². The summed E-state index contributed by atoms with van der Waals surface area (Å²) in [4.78, 5) is 17.8. The van der Waals surface area contributed by atoms with Gasteiger partial charge in [-0.2, -0.15) is 0 Å². The minimum atomic E-state index is -4.78. The lowest BCUT2D eigenvalue weighted by atomic mass is 10.0. The Kier molecular flexibility index (Phi) is 10.4. The van der Waals surface area contributed by atoms with Crippen LogP contribution >= 0.6 is 11.8 Å². The average Bonchev–Trinajstić information content (AvgIpc) is 3.50. The summed E-state index contributed by atoms with van der Waals surface area (Å²) in [6.07, 6.45) is -2.40. The van der Waals surface area contributed by atoms with E-state index in [0.717, 1.165) is 34.5 Å². The van der Waals surface area contributed by atoms with E-state index in [9.17, 15) is 13.2 Å². The molecule has 0 aliphatic rings. The quantitative estimate of drug-likeness (QED) is 0.100. The van der Waals surface area contributed by atoms with E-state index in [2.05, 4.69) is 19.7 Å². The number of halogens is 3. The number of oxazole rings is 1. The monoisotopic (exact) mass is 669 g/mol. The summed E-state index contributed by atoms with van der Waals surface area (Å²) < 4.78 is 47.4. The highest BCUT2D eigenvalue weighted by Crippen LogP contribution is 2.34. The maximum Gasteiger partial charge on any atom is 0.573 e. The number of hydrogen-bond acceptors (Lipinski definition) is 7. The number of alkyl halides is 3. The van der Waals surface area contributed by atoms with Gasteiger partial charge in [0.15, 0.2) is 5.17 Å². The zero-order valence-electron chi connectivity index (χ0n) is 25.8. The SMILES string of the molecule is Cc1cccc(C)c1N=C(N)SCc1oc(-c2cc(C(N)=NC=Nc3ccc(OC(F)(F)F)cc3)ccc2C=N)nc1-c1ccccc1. The lowest BCUT2D eigenvalue weighted by molar-refractivity contribution is -0.274. The van der Waals surface area contributed by atoms with Gasteiger partial charge in [-0.05, 0) is 55.3 Å². The first-order valence-electron chi connectivity index (χ1n) is 14.5. The number of hydrogen-bond donors (Lipinski definition) is 3. The van der Waals surface area contributed by atoms with Crippen LogP contribution in [0.3, 0.4) is 0 Å². The van der Waals surface area contributed by atoms with Crippen LogP contribution in [0, 0.1) is 19.3 Å². The maximum atomic E-state index is 12.4. The second kappa shape index (κ2) is 14.8. The van der Waals surface area contributed by atoms with Gasteiger partial charge in [0.05, 0.1) is 17.1 Å². The molecule has 0 bridgehead atoms. The van der Waals surface area contributed by atoms with E-state index in [1.54, 1.807) is 18.2 Å². The third kappa shape index (κ3) is 8.56. The summed E-state index contributed by atoms with van der Waals surface area (Å²) in [7, 11) is 0. The van der Waals surface area contributed by atoms with Crippen LogP contribution in [0.2, 0.25) is 0 Å². The van der Waals surface area contributed by atoms with Crippen molar-refractivity contribution >= 4 is 46.7 Å². The molecule has 9 nitrogen and oxygen atoms in total. The number of benzene rings is 4. The normalized spacial score (nSPS) is 12.4. The molecule has 0 saturated carbocycles. The Morgan fingerprint density at radius 2 is 1.67 bits per heavy atom. The molecule has 0 amide bonds. The van der Waals surface area contributed by atoms with Crippen molar-refractivity contribution in [3.63, 3.8) is 0 Å². The fourth-order valence-electron chi connectivity index (χ4n) is 4.64. The van der Waals surface area contributed by atoms with Crippen LogP contribution in [-0.2, 0) is 5.75 Å². The van der Waals surface area contributed by atoms with Crippen LogP contribution in [-0.4, -0.2) is 34.9 Å². The van der Waals surface area contributed by atoms with E-state index in [4.69, 9.17) is 26.3 Å². The molecule has 0 unspecified atom stereocenters. The van der Waals surface area contributed by atoms with Gasteiger partial charge in [-0.3, -0.25) is 0 Å². The zero-order chi connectivity index (χ0) is 34.3. The molecule has 0 atom stereocenters. The molecule has 0 aliphatic carbocycles. The molecule has 0 aliphatic heterocycles. The Bertz CT molecular complexity index is 1990. The summed E-state index contributed by atoms with van der Waals surface area (Å²) in [6.45, 7) is 3.97. The smallest absolute Gasteiger partial charge is 0.440 e. The van der Waals surface area contributed by atoms with Gasteiger partial charge in [-0.1, -0.05) is 72.4 Å². The topological polar surface area (TPSA) is 148 Å². The number of nitrogens with one attached hydrogen (secondary N) is 1. The molecule has 0 radical (unpaired) electrons. The first-order chi connectivity index (χ1) is 23.0. The molecule has 1 heterocycles. The second-order valence-electron chi connectivity index (χ2n) is 10.4. The van der Waals surface area contributed by atoms with E-state index in [1.165, 1.54) is 36.4 Å². The molecule has 48 heavy (non-hydrogen) atoms. The molecule has 0 spiro atoms. The number of aliphatic imine (C=N–C) groups is 3. The summed E-state index contributed by atoms with van der Waals surface area (Å²) in [6, 6.07) is 25.6. The zero-order valence-corrected chi connectivity index (χ0v) is 26.6. The highest BCUT2D eigenvalue weighted by Gasteiger charge is 2.31. The molecular weight excluding hydrogens is 639 g/mol. The number of nitrogens with two attached hydrogens (primary N) is 2. The van der Waals surface area contributed by atoms with E-state index >= 15 is 0 Å². The van der Waals surface area contributed by atoms with Crippen LogP contribution < -0.4 is 16.2 Å². The van der Waals surface area contributed by atoms with Crippen LogP contribution in [0.5, 0.6) is 5.75 Å². The molecule has 0 saturated heterocycles. The number of aromatic nitrogens is 1. The predicted molar refractivity (Wildman–Crippen MR) is 186 cm³/mol. The van der Waals surface area contributed by atoms with Gasteiger partial charge in [0.25, 0.3) is 0 Å². The summed E-state index contributed by atoms with van der Waals surface area (Å²) in [5.41, 5.74) is 18.8. The Hall–Kier alpha value is -5.69. The molecule has 13 heteroatoms. The van der Waals surface area contributed by atoms with Crippen molar-refractivity contribution in [3.8, 4) is 28.5 Å². The molecular formula is C35H30F3N7O2S. The van der Waals surface area contributed by atoms with Crippen molar-refractivity contribution in [1.29, 1.82) is 5.41 Å². The van der Waals surface area contributed by atoms with Crippen LogP contribution in [0.15, 0.2) is 110 Å². The minimum absolute atomic E-state index is 0.106. The summed E-state index contributed by atoms with van der Waals surface area (Å²) in [5, 5.41) is 8.38. The molecule has 244 valence electrons. The van der Waals surface area contributed by atoms with Crippen molar-refractivity contribution in [2.45, 2.75) is 26.0 Å². The molecule has 5 aromatic rings. The highest BCUT2D eigenvalue weighted by molar-refractivity contribution is 8.13. The molecule has 4 aromatic carbocycles. The number of amidine groups is 2. The number of rotatable bonds is 10. The first kappa shape index (κ1) is 33.7. The third-order valence-electron chi connectivity index (χ3n) is 6.97. The number of ether oxygens (including phenoxy) is 1. The van der Waals surface area contributed by atoms with Gasteiger partial charge in [-0.25, -0.2) is 20.0 Å². The van der Waals surface area contributed by atoms with Crippen molar-refractivity contribution < 1.29 is 22.3 Å². The molecule has 5 rings (SSSR count). The van der Waals surface area contributed by atoms with Gasteiger partial charge in [0.1, 0.15) is 29.4 Å². The van der Waals surface area contributed by atoms with E-state index in [-0.39, 0.29) is 17.5 Å². The standard InChI is InChI=1S/C35H30F3N7O2S/c1-21-7-6-8-22(2)30(21)45-34(41)48-19-29-31(23-9-4-3-5-10-23)44-33(46-29)28-17-24(11-12-25(28)18-39)32(40)43-20-42-26-13-15-27(16-14-26)47-35(36,37)38/h3-18,20,39H,19H2,1-2H3,(H2,41,45)(H2,40,42,43). The largest absolute Gasteiger partial charge is 0.573 e. The van der Waals surface area contributed by atoms with Crippen LogP contribution in [0.1, 0.15) is 28.0 Å². The number of aryl methyl sites for hydroxylation is 2. The van der Waals surface area contributed by atoms with Crippen LogP contribution in [0.25, 0.3) is 22.7 Å². The van der Waals surface area contributed by atoms with E-state index in [0.29, 0.717) is 44.8 Å². The van der Waals surface area contributed by atoms with Gasteiger partial charge in [-0.15, -0.1) is 13.2 Å². The Morgan fingerprint density at radius 3 is 2.33 bits per heavy atom. The molecule has 5 N–H and O–H groups in total. The summed E-state index contributed by atoms with van der Waals surface area (Å²) in [5.74, 6) is 0.941. The number of para-hydroxylation sites is 1. The molecule has 0 fully saturated rings. The highest BCUT2D eigenvalue weighted by atomic mass is 32.2. The minimum Gasteiger partial charge on any atom is -0.440 e. The Labute approximate surface area is 278 Å². The maximum absolute atomic E-state index is 12.4. The lowest BCUT2D eigenvalue weighted by Crippen LogP contribution is -2.16. The third-order valence-corrected chi connectivity index (χ3v) is 7.76.